The predicted molar refractivity (Wildman–Crippen MR) is 112 cm³/mol. The molecular weight excluding hydrogens is 373 g/mol. The molecule has 0 atom stereocenters. The molecule has 0 radical (unpaired) electrons. The van der Waals surface area contributed by atoms with Gasteiger partial charge in [-0.3, -0.25) is 0 Å². The first kappa shape index (κ1) is 19.8. The Kier molecular flexibility index (Phi) is 5.61. The summed E-state index contributed by atoms with van der Waals surface area (Å²) >= 11 is 1.31. The van der Waals surface area contributed by atoms with Gasteiger partial charge >= 0.3 is 0 Å². The minimum Gasteiger partial charge on any atom is -0.308 e. The van der Waals surface area contributed by atoms with Crippen molar-refractivity contribution < 1.29 is 4.39 Å². The fourth-order valence-corrected chi connectivity index (χ4v) is 4.01. The van der Waals surface area contributed by atoms with Gasteiger partial charge in [-0.25, -0.2) is 14.4 Å². The van der Waals surface area contributed by atoms with Gasteiger partial charge in [0.15, 0.2) is 5.13 Å². The van der Waals surface area contributed by atoms with E-state index in [-0.39, 0.29) is 11.9 Å². The van der Waals surface area contributed by atoms with Crippen LogP contribution in [0.2, 0.25) is 0 Å². The van der Waals surface area contributed by atoms with E-state index in [0.29, 0.717) is 21.3 Å². The summed E-state index contributed by atoms with van der Waals surface area (Å²) < 4.78 is 15.4. The topological polar surface area (TPSA) is 57.7 Å². The molecule has 144 valence electrons. The molecule has 1 aromatic carbocycles. The number of halogens is 1. The van der Waals surface area contributed by atoms with Crippen molar-refractivity contribution in [1.29, 1.82) is 5.26 Å². The van der Waals surface area contributed by atoms with Crippen LogP contribution in [0, 0.1) is 17.1 Å². The van der Waals surface area contributed by atoms with Gasteiger partial charge in [0.25, 0.3) is 0 Å². The quantitative estimate of drug-likeness (QED) is 0.547. The number of aromatic nitrogens is 3. The highest BCUT2D eigenvalue weighted by atomic mass is 32.1. The zero-order valence-corrected chi connectivity index (χ0v) is 17.2. The van der Waals surface area contributed by atoms with Gasteiger partial charge in [0, 0.05) is 18.7 Å². The third-order valence-electron chi connectivity index (χ3n) is 4.46. The van der Waals surface area contributed by atoms with Crippen LogP contribution in [0.15, 0.2) is 30.8 Å². The lowest BCUT2D eigenvalue weighted by Gasteiger charge is -2.22. The van der Waals surface area contributed by atoms with E-state index < -0.39 is 0 Å². The highest BCUT2D eigenvalue weighted by molar-refractivity contribution is 7.16. The van der Waals surface area contributed by atoms with Crippen molar-refractivity contribution in [3.05, 3.63) is 53.1 Å². The van der Waals surface area contributed by atoms with Crippen LogP contribution in [-0.4, -0.2) is 21.6 Å². The molecule has 0 saturated carbocycles. The molecular formula is C21H22FN5S. The predicted octanol–water partition coefficient (Wildman–Crippen LogP) is 5.57. The molecule has 0 bridgehead atoms. The molecule has 3 aromatic rings. The molecule has 2 aromatic heterocycles. The number of anilines is 2. The summed E-state index contributed by atoms with van der Waals surface area (Å²) in [5.41, 5.74) is 2.23. The summed E-state index contributed by atoms with van der Waals surface area (Å²) in [4.78, 5) is 11.9. The number of benzene rings is 1. The van der Waals surface area contributed by atoms with Crippen LogP contribution < -0.4 is 4.90 Å². The van der Waals surface area contributed by atoms with Crippen LogP contribution in [-0.2, 0) is 6.42 Å². The first-order valence-corrected chi connectivity index (χ1v) is 9.87. The van der Waals surface area contributed by atoms with Gasteiger partial charge in [0.05, 0.1) is 5.69 Å². The van der Waals surface area contributed by atoms with Crippen molar-refractivity contribution in [1.82, 2.24) is 14.5 Å². The number of hydrogen-bond acceptors (Lipinski definition) is 5. The lowest BCUT2D eigenvalue weighted by molar-refractivity contribution is 0.594. The number of imidazole rings is 1. The van der Waals surface area contributed by atoms with Gasteiger partial charge in [0.1, 0.15) is 34.1 Å². The number of thiazole rings is 1. The number of rotatable bonds is 6. The molecule has 3 rings (SSSR count). The summed E-state index contributed by atoms with van der Waals surface area (Å²) in [6.45, 7) is 10.1. The molecule has 0 saturated heterocycles. The van der Waals surface area contributed by atoms with E-state index in [1.165, 1.54) is 23.5 Å². The summed E-state index contributed by atoms with van der Waals surface area (Å²) in [6.07, 6.45) is 2.52. The van der Waals surface area contributed by atoms with Gasteiger partial charge in [-0.05, 0) is 50.6 Å². The smallest absolute Gasteiger partial charge is 0.192 e. The molecule has 2 heterocycles. The molecule has 0 aliphatic heterocycles. The van der Waals surface area contributed by atoms with E-state index in [9.17, 15) is 9.65 Å². The molecule has 0 fully saturated rings. The number of aryl methyl sites for hydroxylation is 1. The Morgan fingerprint density at radius 2 is 2.00 bits per heavy atom. The Labute approximate surface area is 168 Å². The van der Waals surface area contributed by atoms with E-state index >= 15 is 0 Å². The van der Waals surface area contributed by atoms with Crippen LogP contribution in [0.1, 0.15) is 43.2 Å². The van der Waals surface area contributed by atoms with Crippen LogP contribution in [0.5, 0.6) is 0 Å². The van der Waals surface area contributed by atoms with Gasteiger partial charge < -0.3 is 9.47 Å². The van der Waals surface area contributed by atoms with E-state index in [1.807, 2.05) is 11.9 Å². The van der Waals surface area contributed by atoms with E-state index in [2.05, 4.69) is 38.0 Å². The second-order valence-electron chi connectivity index (χ2n) is 6.61. The normalized spacial score (nSPS) is 10.9. The van der Waals surface area contributed by atoms with E-state index in [1.54, 1.807) is 18.2 Å². The molecule has 5 nitrogen and oxygen atoms in total. The fourth-order valence-electron chi connectivity index (χ4n) is 3.16. The lowest BCUT2D eigenvalue weighted by Crippen LogP contribution is -2.17. The van der Waals surface area contributed by atoms with Crippen LogP contribution >= 0.6 is 11.3 Å². The van der Waals surface area contributed by atoms with Crippen molar-refractivity contribution in [2.75, 3.05) is 11.9 Å². The monoisotopic (exact) mass is 395 g/mol. The zero-order chi connectivity index (χ0) is 20.4. The third-order valence-corrected chi connectivity index (χ3v) is 5.49. The highest BCUT2D eigenvalue weighted by Gasteiger charge is 2.24. The van der Waals surface area contributed by atoms with Gasteiger partial charge in [-0.15, -0.1) is 0 Å². The van der Waals surface area contributed by atoms with E-state index in [4.69, 9.17) is 9.97 Å². The highest BCUT2D eigenvalue weighted by Crippen LogP contribution is 2.38. The molecule has 0 amide bonds. The van der Waals surface area contributed by atoms with Gasteiger partial charge in [-0.2, -0.15) is 5.26 Å². The number of hydrogen-bond donors (Lipinski definition) is 0. The average Bonchev–Trinajstić information content (AvgIpc) is 3.29. The number of nitrogens with zero attached hydrogens (tertiary/aromatic N) is 5. The molecule has 0 unspecified atom stereocenters. The second-order valence-corrected chi connectivity index (χ2v) is 7.59. The average molecular weight is 396 g/mol. The summed E-state index contributed by atoms with van der Waals surface area (Å²) in [5, 5.41) is 10.3. The summed E-state index contributed by atoms with van der Waals surface area (Å²) in [5.74, 6) is 1.43. The lowest BCUT2D eigenvalue weighted by atomic mass is 10.1. The number of nitriles is 1. The summed E-state index contributed by atoms with van der Waals surface area (Å²) in [7, 11) is 1.93. The fraction of sp³-hybridized carbons (Fsp3) is 0.286. The maximum atomic E-state index is 13.3. The van der Waals surface area contributed by atoms with Crippen molar-refractivity contribution in [2.24, 2.45) is 0 Å². The Balaban J connectivity index is 2.13. The Morgan fingerprint density at radius 3 is 2.54 bits per heavy atom. The SMILES string of the molecule is C=Cc1nc(CC)c(N(C)c2nc(-c3ccc(F)cc3)c(C#N)s2)n1C(C)C. The minimum atomic E-state index is -0.319. The standard InChI is InChI=1S/C21H22FN5S/c1-6-16-20(27(13(3)4)18(7-2)24-16)26(5)21-25-19(17(12-23)28-21)14-8-10-15(22)11-9-14/h7-11,13H,2,6H2,1,3-5H3. The van der Waals surface area contributed by atoms with Gasteiger partial charge in [-0.1, -0.05) is 24.8 Å². The largest absolute Gasteiger partial charge is 0.308 e. The first-order valence-electron chi connectivity index (χ1n) is 9.05. The van der Waals surface area contributed by atoms with Crippen molar-refractivity contribution in [2.45, 2.75) is 33.2 Å². The van der Waals surface area contributed by atoms with Crippen LogP contribution in [0.25, 0.3) is 17.3 Å². The molecule has 28 heavy (non-hydrogen) atoms. The molecule has 0 N–H and O–H groups in total. The van der Waals surface area contributed by atoms with Gasteiger partial charge in [0.2, 0.25) is 0 Å². The molecule has 0 aliphatic rings. The van der Waals surface area contributed by atoms with E-state index in [0.717, 1.165) is 23.8 Å². The Morgan fingerprint density at radius 1 is 1.32 bits per heavy atom. The first-order chi connectivity index (χ1) is 13.4. The zero-order valence-electron chi connectivity index (χ0n) is 16.4. The Bertz CT molecular complexity index is 1040. The summed E-state index contributed by atoms with van der Waals surface area (Å²) in [6, 6.07) is 8.43. The molecule has 7 heteroatoms. The van der Waals surface area contributed by atoms with Crippen molar-refractivity contribution in [3.63, 3.8) is 0 Å². The third kappa shape index (κ3) is 3.43. The molecule has 0 spiro atoms. The maximum Gasteiger partial charge on any atom is 0.192 e. The molecule has 0 aliphatic carbocycles. The van der Waals surface area contributed by atoms with Crippen LogP contribution in [0.3, 0.4) is 0 Å². The maximum absolute atomic E-state index is 13.3. The van der Waals surface area contributed by atoms with Crippen molar-refractivity contribution >= 4 is 28.4 Å². The second kappa shape index (κ2) is 7.95. The van der Waals surface area contributed by atoms with Crippen molar-refractivity contribution in [3.8, 4) is 17.3 Å². The Hall–Kier alpha value is -2.98. The minimum absolute atomic E-state index is 0.185. The van der Waals surface area contributed by atoms with Crippen LogP contribution in [0.4, 0.5) is 15.3 Å².